The number of benzene rings is 2. The summed E-state index contributed by atoms with van der Waals surface area (Å²) < 4.78 is 0.845. The average Bonchev–Trinajstić information content (AvgIpc) is 3.38. The Morgan fingerprint density at radius 3 is 2.59 bits per heavy atom. The number of fused-ring (bicyclic) bond motifs is 1. The average molecular weight is 523 g/mol. The minimum atomic E-state index is -0.212. The third-order valence-corrected chi connectivity index (χ3v) is 8.04. The first-order valence-electron chi connectivity index (χ1n) is 12.1. The van der Waals surface area contributed by atoms with Crippen LogP contribution in [-0.4, -0.2) is 44.8 Å². The second kappa shape index (κ2) is 8.84. The molecule has 6 nitrogen and oxygen atoms in total. The van der Waals surface area contributed by atoms with Gasteiger partial charge < -0.3 is 15.2 Å². The van der Waals surface area contributed by atoms with Gasteiger partial charge in [-0.15, -0.1) is 0 Å². The van der Waals surface area contributed by atoms with Crippen LogP contribution in [0, 0.1) is 12.8 Å². The minimum Gasteiger partial charge on any atom is -0.351 e. The summed E-state index contributed by atoms with van der Waals surface area (Å²) in [5.74, 6) is 0.00384. The Morgan fingerprint density at radius 2 is 1.94 bits per heavy atom. The van der Waals surface area contributed by atoms with Crippen LogP contribution in [0.1, 0.15) is 66.9 Å². The van der Waals surface area contributed by atoms with Gasteiger partial charge in [0.15, 0.2) is 0 Å². The molecule has 1 saturated carbocycles. The molecule has 7 heteroatoms. The van der Waals surface area contributed by atoms with Gasteiger partial charge in [-0.3, -0.25) is 9.59 Å². The van der Waals surface area contributed by atoms with E-state index >= 15 is 0 Å². The zero-order valence-electron chi connectivity index (χ0n) is 19.9. The maximum Gasteiger partial charge on any atom is 0.256 e. The van der Waals surface area contributed by atoms with Crippen molar-refractivity contribution in [3.05, 3.63) is 63.9 Å². The predicted octanol–water partition coefficient (Wildman–Crippen LogP) is 5.33. The molecule has 2 aromatic carbocycles. The quantitative estimate of drug-likeness (QED) is 0.475. The number of H-pyrrole nitrogens is 1. The van der Waals surface area contributed by atoms with Gasteiger partial charge in [-0.2, -0.15) is 0 Å². The van der Waals surface area contributed by atoms with Gasteiger partial charge in [-0.05, 0) is 56.2 Å². The van der Waals surface area contributed by atoms with Gasteiger partial charge in [0.1, 0.15) is 5.52 Å². The van der Waals surface area contributed by atoms with Gasteiger partial charge in [0.05, 0.1) is 23.3 Å². The highest BCUT2D eigenvalue weighted by atomic mass is 79.9. The van der Waals surface area contributed by atoms with Crippen LogP contribution in [0.5, 0.6) is 0 Å². The van der Waals surface area contributed by atoms with E-state index in [0.717, 1.165) is 41.2 Å². The van der Waals surface area contributed by atoms with E-state index in [2.05, 4.69) is 76.3 Å². The number of carbonyl (C=O) groups is 2. The first-order valence-corrected chi connectivity index (χ1v) is 12.9. The highest BCUT2D eigenvalue weighted by Crippen LogP contribution is 2.46. The van der Waals surface area contributed by atoms with Crippen molar-refractivity contribution >= 4 is 38.8 Å². The van der Waals surface area contributed by atoms with Gasteiger partial charge in [0.2, 0.25) is 5.91 Å². The molecule has 1 aliphatic carbocycles. The van der Waals surface area contributed by atoms with Crippen LogP contribution >= 0.6 is 15.9 Å². The van der Waals surface area contributed by atoms with Crippen molar-refractivity contribution in [3.63, 3.8) is 0 Å². The van der Waals surface area contributed by atoms with Crippen molar-refractivity contribution in [3.8, 4) is 0 Å². The molecule has 34 heavy (non-hydrogen) atoms. The van der Waals surface area contributed by atoms with E-state index in [4.69, 9.17) is 0 Å². The van der Waals surface area contributed by atoms with E-state index in [1.165, 1.54) is 5.56 Å². The maximum atomic E-state index is 13.8. The molecular weight excluding hydrogens is 492 g/mol. The van der Waals surface area contributed by atoms with Crippen LogP contribution < -0.4 is 5.32 Å². The number of hydrogen-bond donors (Lipinski definition) is 2. The lowest BCUT2D eigenvalue weighted by atomic mass is 9.74. The largest absolute Gasteiger partial charge is 0.351 e. The van der Waals surface area contributed by atoms with Gasteiger partial charge >= 0.3 is 0 Å². The smallest absolute Gasteiger partial charge is 0.256 e. The van der Waals surface area contributed by atoms with Crippen LogP contribution in [0.4, 0.5) is 0 Å². The van der Waals surface area contributed by atoms with Crippen molar-refractivity contribution in [2.24, 2.45) is 5.92 Å². The second-order valence-electron chi connectivity index (χ2n) is 10.3. The zero-order chi connectivity index (χ0) is 24.0. The number of aryl methyl sites for hydroxylation is 1. The molecule has 1 aromatic heterocycles. The molecule has 2 atom stereocenters. The molecular formula is C27H31BrN4O2. The lowest BCUT2D eigenvalue weighted by Gasteiger charge is -2.45. The van der Waals surface area contributed by atoms with E-state index in [1.54, 1.807) is 6.33 Å². The summed E-state index contributed by atoms with van der Waals surface area (Å²) >= 11 is 3.53. The Kier molecular flexibility index (Phi) is 6.00. The van der Waals surface area contributed by atoms with E-state index in [1.807, 2.05) is 17.0 Å². The lowest BCUT2D eigenvalue weighted by Crippen LogP contribution is -2.52. The van der Waals surface area contributed by atoms with Crippen molar-refractivity contribution < 1.29 is 9.59 Å². The zero-order valence-corrected chi connectivity index (χ0v) is 21.5. The maximum absolute atomic E-state index is 13.8. The van der Waals surface area contributed by atoms with E-state index in [0.29, 0.717) is 17.6 Å². The molecule has 0 radical (unpaired) electrons. The SMILES string of the molecule is Cc1ccc(C(C(=O)NC2CN(C(=O)c3cc(Br)cc4[nH]cnc34)C3(CCC3)C2)C(C)C)cc1. The van der Waals surface area contributed by atoms with Crippen LogP contribution in [-0.2, 0) is 4.79 Å². The third-order valence-electron chi connectivity index (χ3n) is 7.58. The summed E-state index contributed by atoms with van der Waals surface area (Å²) in [7, 11) is 0. The summed E-state index contributed by atoms with van der Waals surface area (Å²) in [6.45, 7) is 6.76. The summed E-state index contributed by atoms with van der Waals surface area (Å²) in [6.07, 6.45) is 5.50. The van der Waals surface area contributed by atoms with Crippen molar-refractivity contribution in [1.29, 1.82) is 0 Å². The highest BCUT2D eigenvalue weighted by Gasteiger charge is 2.52. The number of nitrogens with zero attached hydrogens (tertiary/aromatic N) is 2. The van der Waals surface area contributed by atoms with E-state index in [-0.39, 0.29) is 35.2 Å². The summed E-state index contributed by atoms with van der Waals surface area (Å²) in [5, 5.41) is 3.31. The molecule has 1 spiro atoms. The molecule has 2 aliphatic rings. The topological polar surface area (TPSA) is 78.1 Å². The Labute approximate surface area is 208 Å². The third kappa shape index (κ3) is 4.04. The minimum absolute atomic E-state index is 0.00575. The van der Waals surface area contributed by atoms with Crippen LogP contribution in [0.2, 0.25) is 0 Å². The molecule has 3 aromatic rings. The number of amides is 2. The van der Waals surface area contributed by atoms with E-state index < -0.39 is 0 Å². The number of carbonyl (C=O) groups excluding carboxylic acids is 2. The fraction of sp³-hybridized carbons (Fsp3) is 0.444. The summed E-state index contributed by atoms with van der Waals surface area (Å²) in [4.78, 5) is 36.7. The van der Waals surface area contributed by atoms with Crippen LogP contribution in [0.3, 0.4) is 0 Å². The Hall–Kier alpha value is -2.67. The first-order chi connectivity index (χ1) is 16.3. The molecule has 5 rings (SSSR count). The van der Waals surface area contributed by atoms with Crippen LogP contribution in [0.15, 0.2) is 47.2 Å². The molecule has 1 saturated heterocycles. The number of halogens is 1. The van der Waals surface area contributed by atoms with Crippen molar-refractivity contribution in [2.45, 2.75) is 64.0 Å². The number of likely N-dealkylation sites (tertiary alicyclic amines) is 1. The number of imidazole rings is 1. The molecule has 2 fully saturated rings. The molecule has 0 bridgehead atoms. The second-order valence-corrected chi connectivity index (χ2v) is 11.2. The Morgan fingerprint density at radius 1 is 1.21 bits per heavy atom. The summed E-state index contributed by atoms with van der Waals surface area (Å²) in [6, 6.07) is 12.0. The fourth-order valence-electron chi connectivity index (χ4n) is 5.73. The number of hydrogen-bond acceptors (Lipinski definition) is 3. The lowest BCUT2D eigenvalue weighted by molar-refractivity contribution is -0.124. The van der Waals surface area contributed by atoms with Gasteiger partial charge in [0, 0.05) is 22.6 Å². The van der Waals surface area contributed by atoms with Gasteiger partial charge in [0.25, 0.3) is 5.91 Å². The predicted molar refractivity (Wildman–Crippen MR) is 137 cm³/mol. The molecule has 2 amide bonds. The highest BCUT2D eigenvalue weighted by molar-refractivity contribution is 9.10. The molecule has 1 aliphatic heterocycles. The molecule has 2 N–H and O–H groups in total. The van der Waals surface area contributed by atoms with Gasteiger partial charge in [-0.1, -0.05) is 59.6 Å². The number of aromatic nitrogens is 2. The van der Waals surface area contributed by atoms with Crippen LogP contribution in [0.25, 0.3) is 11.0 Å². The number of aromatic amines is 1. The molecule has 178 valence electrons. The van der Waals surface area contributed by atoms with Gasteiger partial charge in [-0.25, -0.2) is 4.98 Å². The standard InChI is InChI=1S/C27H31BrN4O2/c1-16(2)23(18-7-5-17(3)6-8-18)25(33)31-20-13-27(9-4-10-27)32(14-20)26(34)21-11-19(28)12-22-24(21)30-15-29-22/h5-8,11-12,15-16,20,23H,4,9-10,13-14H2,1-3H3,(H,29,30)(H,31,33). The Balaban J connectivity index is 1.38. The fourth-order valence-corrected chi connectivity index (χ4v) is 6.19. The molecule has 2 unspecified atom stereocenters. The van der Waals surface area contributed by atoms with Crippen molar-refractivity contribution in [2.75, 3.05) is 6.54 Å². The monoisotopic (exact) mass is 522 g/mol. The van der Waals surface area contributed by atoms with Crippen molar-refractivity contribution in [1.82, 2.24) is 20.2 Å². The normalized spacial score (nSPS) is 20.0. The first kappa shape index (κ1) is 23.1. The molecule has 2 heterocycles. The number of nitrogens with one attached hydrogen (secondary N) is 2. The number of rotatable bonds is 5. The van der Waals surface area contributed by atoms with E-state index in [9.17, 15) is 9.59 Å². The Bertz CT molecular complexity index is 1230. The summed E-state index contributed by atoms with van der Waals surface area (Å²) in [5.41, 5.74) is 4.18.